The van der Waals surface area contributed by atoms with Crippen LogP contribution in [0.1, 0.15) is 67.2 Å². The van der Waals surface area contributed by atoms with Crippen LogP contribution in [0.25, 0.3) is 0 Å². The van der Waals surface area contributed by atoms with E-state index in [-0.39, 0.29) is 24.0 Å². The van der Waals surface area contributed by atoms with Gasteiger partial charge < -0.3 is 38.2 Å². The van der Waals surface area contributed by atoms with E-state index in [2.05, 4.69) is 10.6 Å². The fourth-order valence-corrected chi connectivity index (χ4v) is 5.39. The molecular weight excluding hydrogens is 672 g/mol. The summed E-state index contributed by atoms with van der Waals surface area (Å²) in [5, 5.41) is 5.37. The lowest BCUT2D eigenvalue weighted by molar-refractivity contribution is 0.0145. The number of anilines is 2. The summed E-state index contributed by atoms with van der Waals surface area (Å²) in [6, 6.07) is 14.3. The molecule has 2 fully saturated rings. The lowest BCUT2D eigenvalue weighted by atomic mass is 9.98. The van der Waals surface area contributed by atoms with Crippen molar-refractivity contribution in [2.75, 3.05) is 64.2 Å². The molecule has 0 spiro atoms. The van der Waals surface area contributed by atoms with E-state index in [9.17, 15) is 19.2 Å². The summed E-state index contributed by atoms with van der Waals surface area (Å²) < 4.78 is 31.8. The fourth-order valence-electron chi connectivity index (χ4n) is 5.39. The maximum Gasteiger partial charge on any atom is 0.411 e. The third-order valence-electron chi connectivity index (χ3n) is 8.12. The summed E-state index contributed by atoms with van der Waals surface area (Å²) in [7, 11) is 3.09. The van der Waals surface area contributed by atoms with Gasteiger partial charge in [-0.1, -0.05) is 24.3 Å². The maximum absolute atomic E-state index is 12.0. The van der Waals surface area contributed by atoms with E-state index in [1.165, 1.54) is 0 Å². The van der Waals surface area contributed by atoms with E-state index >= 15 is 0 Å². The van der Waals surface area contributed by atoms with Gasteiger partial charge in [0.1, 0.15) is 22.7 Å². The number of rotatable bonds is 8. The minimum absolute atomic E-state index is 0.233. The Kier molecular flexibility index (Phi) is 15.7. The summed E-state index contributed by atoms with van der Waals surface area (Å²) in [5.41, 5.74) is 0.154. The average molecular weight is 729 g/mol. The number of ether oxygens (including phenoxy) is 6. The fraction of sp³-hybridized carbons (Fsp3) is 0.579. The van der Waals surface area contributed by atoms with Crippen LogP contribution in [-0.2, 0) is 18.9 Å². The Morgan fingerprint density at radius 1 is 0.596 bits per heavy atom. The van der Waals surface area contributed by atoms with Crippen LogP contribution in [0.3, 0.4) is 0 Å². The Hall–Kier alpha value is -4.88. The van der Waals surface area contributed by atoms with Crippen molar-refractivity contribution < 1.29 is 47.6 Å². The molecule has 2 aliphatic rings. The van der Waals surface area contributed by atoms with Gasteiger partial charge in [-0.3, -0.25) is 10.6 Å². The van der Waals surface area contributed by atoms with Crippen LogP contribution in [0, 0.1) is 11.8 Å². The highest BCUT2D eigenvalue weighted by Crippen LogP contribution is 2.26. The molecule has 2 saturated heterocycles. The summed E-state index contributed by atoms with van der Waals surface area (Å²) >= 11 is 0. The molecule has 2 aliphatic heterocycles. The van der Waals surface area contributed by atoms with E-state index in [0.717, 1.165) is 25.7 Å². The minimum atomic E-state index is -0.510. The average Bonchev–Trinajstić information content (AvgIpc) is 3.09. The number of methoxy groups -OCH3 is 2. The first-order valence-corrected chi connectivity index (χ1v) is 17.7. The predicted octanol–water partition coefficient (Wildman–Crippen LogP) is 7.78. The summed E-state index contributed by atoms with van der Waals surface area (Å²) in [6.45, 7) is 14.2. The molecule has 0 atom stereocenters. The van der Waals surface area contributed by atoms with E-state index < -0.39 is 23.4 Å². The molecular formula is C38H56N4O10. The molecule has 2 aromatic carbocycles. The molecule has 0 saturated carbocycles. The molecule has 14 nitrogen and oxygen atoms in total. The van der Waals surface area contributed by atoms with E-state index in [1.54, 1.807) is 48.3 Å². The van der Waals surface area contributed by atoms with Gasteiger partial charge in [-0.05, 0) is 103 Å². The number of carbonyl (C=O) groups excluding carboxylic acids is 4. The summed E-state index contributed by atoms with van der Waals surface area (Å²) in [6.07, 6.45) is 1.52. The standard InChI is InChI=1S/2C19H28N2O5/c2*1-19(2,3)26-18(23)21-11-9-14(10-12-21)13-25-17(22)20-15-7-5-6-8-16(15)24-4/h2*5-8,14H,9-13H2,1-4H3,(H,20,22). The van der Waals surface area contributed by atoms with Crippen molar-refractivity contribution in [1.82, 2.24) is 9.80 Å². The van der Waals surface area contributed by atoms with Crippen LogP contribution >= 0.6 is 0 Å². The van der Waals surface area contributed by atoms with Gasteiger partial charge in [0, 0.05) is 26.2 Å². The molecule has 2 N–H and O–H groups in total. The molecule has 2 heterocycles. The zero-order valence-electron chi connectivity index (χ0n) is 31.8. The monoisotopic (exact) mass is 728 g/mol. The first kappa shape index (κ1) is 41.5. The van der Waals surface area contributed by atoms with Gasteiger partial charge in [-0.2, -0.15) is 0 Å². The quantitative estimate of drug-likeness (QED) is 0.258. The van der Waals surface area contributed by atoms with E-state index in [4.69, 9.17) is 28.4 Å². The molecule has 4 amide bonds. The van der Waals surface area contributed by atoms with Crippen LogP contribution in [0.4, 0.5) is 30.6 Å². The number of hydrogen-bond donors (Lipinski definition) is 2. The van der Waals surface area contributed by atoms with Gasteiger partial charge in [0.15, 0.2) is 0 Å². The lowest BCUT2D eigenvalue weighted by Crippen LogP contribution is -2.42. The van der Waals surface area contributed by atoms with Crippen LogP contribution in [0.5, 0.6) is 11.5 Å². The van der Waals surface area contributed by atoms with Crippen LogP contribution in [0.2, 0.25) is 0 Å². The highest BCUT2D eigenvalue weighted by Gasteiger charge is 2.29. The van der Waals surface area contributed by atoms with E-state index in [0.29, 0.717) is 62.3 Å². The van der Waals surface area contributed by atoms with Crippen molar-refractivity contribution >= 4 is 35.7 Å². The lowest BCUT2D eigenvalue weighted by Gasteiger charge is -2.33. The highest BCUT2D eigenvalue weighted by atomic mass is 16.6. The van der Waals surface area contributed by atoms with Crippen molar-refractivity contribution in [2.24, 2.45) is 11.8 Å². The summed E-state index contributed by atoms with van der Waals surface area (Å²) in [5.74, 6) is 1.62. The van der Waals surface area contributed by atoms with Gasteiger partial charge in [0.2, 0.25) is 0 Å². The number of likely N-dealkylation sites (tertiary alicyclic amines) is 2. The topological polar surface area (TPSA) is 154 Å². The molecule has 0 radical (unpaired) electrons. The largest absolute Gasteiger partial charge is 0.495 e. The molecule has 14 heteroatoms. The van der Waals surface area contributed by atoms with Gasteiger partial charge >= 0.3 is 24.4 Å². The second kappa shape index (κ2) is 19.7. The molecule has 0 unspecified atom stereocenters. The van der Waals surface area contributed by atoms with Crippen molar-refractivity contribution in [3.8, 4) is 11.5 Å². The Balaban J connectivity index is 0.000000280. The number of piperidine rings is 2. The van der Waals surface area contributed by atoms with Crippen molar-refractivity contribution in [3.05, 3.63) is 48.5 Å². The van der Waals surface area contributed by atoms with Crippen molar-refractivity contribution in [2.45, 2.75) is 78.4 Å². The van der Waals surface area contributed by atoms with Gasteiger partial charge in [0.05, 0.1) is 38.8 Å². The first-order chi connectivity index (χ1) is 24.6. The zero-order chi connectivity index (χ0) is 38.3. The number of para-hydroxylation sites is 4. The molecule has 0 aromatic heterocycles. The van der Waals surface area contributed by atoms with Crippen LogP contribution < -0.4 is 20.1 Å². The van der Waals surface area contributed by atoms with Crippen molar-refractivity contribution in [1.29, 1.82) is 0 Å². The Labute approximate surface area is 307 Å². The SMILES string of the molecule is COc1ccccc1NC(=O)OCC1CCN(C(=O)OC(C)(C)C)CC1.COc1ccccc1NC(=O)OCC1CCN(C(=O)OC(C)(C)C)CC1. The van der Waals surface area contributed by atoms with E-state index in [1.807, 2.05) is 65.8 Å². The minimum Gasteiger partial charge on any atom is -0.495 e. The second-order valence-corrected chi connectivity index (χ2v) is 14.7. The van der Waals surface area contributed by atoms with Gasteiger partial charge in [-0.25, -0.2) is 19.2 Å². The van der Waals surface area contributed by atoms with Gasteiger partial charge in [-0.15, -0.1) is 0 Å². The van der Waals surface area contributed by atoms with Gasteiger partial charge in [0.25, 0.3) is 0 Å². The number of carbonyl (C=O) groups is 4. The molecule has 288 valence electrons. The Morgan fingerprint density at radius 3 is 1.23 bits per heavy atom. The smallest absolute Gasteiger partial charge is 0.411 e. The number of benzene rings is 2. The predicted molar refractivity (Wildman–Crippen MR) is 197 cm³/mol. The van der Waals surface area contributed by atoms with Crippen molar-refractivity contribution in [3.63, 3.8) is 0 Å². The number of nitrogens with zero attached hydrogens (tertiary/aromatic N) is 2. The van der Waals surface area contributed by atoms with Crippen LogP contribution in [0.15, 0.2) is 48.5 Å². The highest BCUT2D eigenvalue weighted by molar-refractivity contribution is 5.87. The molecule has 2 aromatic rings. The third-order valence-corrected chi connectivity index (χ3v) is 8.12. The molecule has 0 bridgehead atoms. The zero-order valence-corrected chi connectivity index (χ0v) is 31.8. The molecule has 52 heavy (non-hydrogen) atoms. The number of nitrogens with one attached hydrogen (secondary N) is 2. The Bertz CT molecular complexity index is 1350. The summed E-state index contributed by atoms with van der Waals surface area (Å²) in [4.78, 5) is 51.5. The molecule has 4 rings (SSSR count). The third kappa shape index (κ3) is 14.8. The first-order valence-electron chi connectivity index (χ1n) is 17.7. The molecule has 0 aliphatic carbocycles. The maximum atomic E-state index is 12.0. The van der Waals surface area contributed by atoms with Crippen LogP contribution in [-0.4, -0.2) is 99.0 Å². The normalized spacial score (nSPS) is 15.3. The number of amides is 4. The number of hydrogen-bond acceptors (Lipinski definition) is 10. The Morgan fingerprint density at radius 2 is 0.923 bits per heavy atom. The second-order valence-electron chi connectivity index (χ2n) is 14.7.